The summed E-state index contributed by atoms with van der Waals surface area (Å²) in [7, 11) is 0. The first-order chi connectivity index (χ1) is 12.7. The first-order valence-electron chi connectivity index (χ1n) is 7.25. The molecule has 29 heavy (non-hydrogen) atoms. The van der Waals surface area contributed by atoms with Crippen LogP contribution in [0.5, 0.6) is 0 Å². The van der Waals surface area contributed by atoms with Gasteiger partial charge in [0.1, 0.15) is 0 Å². The Balaban J connectivity index is 2.98. The number of benzene rings is 1. The molecule has 1 aliphatic rings. The maximum absolute atomic E-state index is 13.2. The van der Waals surface area contributed by atoms with Gasteiger partial charge in [-0.05, 0) is 29.7 Å². The molecule has 0 heterocycles. The Labute approximate surface area is 153 Å². The number of allylic oxidation sites excluding steroid dienone is 1. The normalized spacial score (nSPS) is 16.3. The van der Waals surface area contributed by atoms with Crippen molar-refractivity contribution in [3.63, 3.8) is 0 Å². The first-order valence-corrected chi connectivity index (χ1v) is 7.25. The molecule has 0 radical (unpaired) electrons. The molecule has 1 aromatic carbocycles. The fraction of sp³-hybridized carbons (Fsp3) is 0.467. The van der Waals surface area contributed by atoms with Crippen LogP contribution in [-0.4, -0.2) is 34.9 Å². The Morgan fingerprint density at radius 2 is 1.03 bits per heavy atom. The molecule has 1 aliphatic carbocycles. The van der Waals surface area contributed by atoms with Crippen molar-refractivity contribution in [3.05, 3.63) is 40.5 Å². The second kappa shape index (κ2) is 6.27. The van der Waals surface area contributed by atoms with Gasteiger partial charge in [-0.15, -0.1) is 0 Å². The summed E-state index contributed by atoms with van der Waals surface area (Å²) in [6, 6.07) is -0.801. The van der Waals surface area contributed by atoms with Gasteiger partial charge in [-0.25, -0.2) is 0 Å². The monoisotopic (exact) mass is 448 g/mol. The Morgan fingerprint density at radius 1 is 0.621 bits per heavy atom. The molecule has 0 aliphatic heterocycles. The lowest BCUT2D eigenvalue weighted by atomic mass is 9.81. The zero-order chi connectivity index (χ0) is 22.8. The van der Waals surface area contributed by atoms with Crippen molar-refractivity contribution in [1.82, 2.24) is 0 Å². The van der Waals surface area contributed by atoms with Crippen LogP contribution in [0, 0.1) is 0 Å². The lowest BCUT2D eigenvalue weighted by Gasteiger charge is -2.37. The van der Waals surface area contributed by atoms with Crippen molar-refractivity contribution in [2.75, 3.05) is 0 Å². The van der Waals surface area contributed by atoms with Crippen LogP contribution in [0.15, 0.2) is 18.2 Å². The molecule has 2 N–H and O–H groups in total. The maximum atomic E-state index is 13.2. The lowest BCUT2D eigenvalue weighted by molar-refractivity contribution is -0.378. The zero-order valence-electron chi connectivity index (χ0n) is 13.4. The molecule has 0 saturated carbocycles. The Morgan fingerprint density at radius 3 is 1.41 bits per heavy atom. The van der Waals surface area contributed by atoms with Crippen molar-refractivity contribution in [3.8, 4) is 0 Å². The highest BCUT2D eigenvalue weighted by molar-refractivity contribution is 5.65. The Hall–Kier alpha value is -1.96. The Kier molecular flexibility index (Phi) is 5.04. The van der Waals surface area contributed by atoms with Gasteiger partial charge < -0.3 is 10.2 Å². The molecule has 2 nitrogen and oxygen atoms in total. The molecule has 0 bridgehead atoms. The van der Waals surface area contributed by atoms with Gasteiger partial charge in [0.05, 0.1) is 0 Å². The van der Waals surface area contributed by atoms with Gasteiger partial charge in [-0.1, -0.05) is 12.2 Å². The van der Waals surface area contributed by atoms with Crippen LogP contribution in [0.25, 0.3) is 6.08 Å². The number of hydrogen-bond donors (Lipinski definition) is 2. The average Bonchev–Trinajstić information content (AvgIpc) is 2.96. The van der Waals surface area contributed by atoms with Gasteiger partial charge in [0.25, 0.3) is 11.2 Å². The van der Waals surface area contributed by atoms with E-state index in [9.17, 15) is 62.9 Å². The second-order valence-electron chi connectivity index (χ2n) is 6.11. The zero-order valence-corrected chi connectivity index (χ0v) is 13.4. The highest BCUT2D eigenvalue weighted by atomic mass is 19.4. The molecular formula is C15H8F12O2. The van der Waals surface area contributed by atoms with Gasteiger partial charge in [0.15, 0.2) is 0 Å². The predicted molar refractivity (Wildman–Crippen MR) is 71.2 cm³/mol. The van der Waals surface area contributed by atoms with Crippen LogP contribution in [0.2, 0.25) is 0 Å². The quantitative estimate of drug-likeness (QED) is 0.634. The average molecular weight is 448 g/mol. The van der Waals surface area contributed by atoms with Gasteiger partial charge in [-0.2, -0.15) is 52.7 Å². The summed E-state index contributed by atoms with van der Waals surface area (Å²) < 4.78 is 157. The van der Waals surface area contributed by atoms with Crippen molar-refractivity contribution in [2.24, 2.45) is 0 Å². The predicted octanol–water partition coefficient (Wildman–Crippen LogP) is 4.88. The maximum Gasteiger partial charge on any atom is 0.430 e. The number of aliphatic hydroxyl groups is 2. The van der Waals surface area contributed by atoms with E-state index in [-0.39, 0.29) is 6.07 Å². The molecular weight excluding hydrogens is 440 g/mol. The summed E-state index contributed by atoms with van der Waals surface area (Å²) in [6.07, 6.45) is -25.4. The minimum Gasteiger partial charge on any atom is -0.369 e. The summed E-state index contributed by atoms with van der Waals surface area (Å²) >= 11 is 0. The Bertz CT molecular complexity index is 798. The molecule has 14 heteroatoms. The van der Waals surface area contributed by atoms with Crippen LogP contribution in [0.3, 0.4) is 0 Å². The van der Waals surface area contributed by atoms with E-state index >= 15 is 0 Å². The summed E-state index contributed by atoms with van der Waals surface area (Å²) in [6.45, 7) is 0. The smallest absolute Gasteiger partial charge is 0.369 e. The first kappa shape index (κ1) is 23.3. The topological polar surface area (TPSA) is 40.5 Å². The number of hydrogen-bond acceptors (Lipinski definition) is 2. The number of fused-ring (bicyclic) bond motifs is 1. The second-order valence-corrected chi connectivity index (χ2v) is 6.11. The van der Waals surface area contributed by atoms with Crippen molar-refractivity contribution >= 4 is 6.08 Å². The highest BCUT2D eigenvalue weighted by Crippen LogP contribution is 2.55. The van der Waals surface area contributed by atoms with Crippen molar-refractivity contribution < 1.29 is 62.9 Å². The van der Waals surface area contributed by atoms with Gasteiger partial charge in [-0.3, -0.25) is 0 Å². The molecule has 0 saturated heterocycles. The van der Waals surface area contributed by atoms with E-state index in [1.807, 2.05) is 0 Å². The van der Waals surface area contributed by atoms with E-state index in [0.717, 1.165) is 6.08 Å². The molecule has 1 aromatic rings. The third-order valence-corrected chi connectivity index (χ3v) is 4.35. The number of alkyl halides is 12. The molecule has 164 valence electrons. The molecule has 0 atom stereocenters. The largest absolute Gasteiger partial charge is 0.430 e. The minimum absolute atomic E-state index is 0.0313. The van der Waals surface area contributed by atoms with Crippen LogP contribution in [-0.2, 0) is 17.6 Å². The van der Waals surface area contributed by atoms with E-state index in [4.69, 9.17) is 0 Å². The van der Waals surface area contributed by atoms with Gasteiger partial charge >= 0.3 is 24.7 Å². The van der Waals surface area contributed by atoms with E-state index in [0.29, 0.717) is 6.08 Å². The SMILES string of the molecule is OC(c1cc2c(c(C(O)(C(F)(F)F)C(F)(F)F)c1)CC=C2)(C(F)(F)F)C(F)(F)F. The standard InChI is InChI=1S/C15H8F12O2/c16-12(17,18)10(28,13(19,20)21)7-4-6-2-1-3-8(6)9(5-7)11(29,14(22,23)24)15(25,26)27/h1-2,4-5,28-29H,3H2. The van der Waals surface area contributed by atoms with Crippen LogP contribution in [0.4, 0.5) is 52.7 Å². The molecule has 0 unspecified atom stereocenters. The molecule has 0 aromatic heterocycles. The van der Waals surface area contributed by atoms with Gasteiger partial charge in [0, 0.05) is 11.1 Å². The summed E-state index contributed by atoms with van der Waals surface area (Å²) in [5.41, 5.74) is -18.1. The summed E-state index contributed by atoms with van der Waals surface area (Å²) in [5.74, 6) is 0. The van der Waals surface area contributed by atoms with Crippen molar-refractivity contribution in [2.45, 2.75) is 42.3 Å². The third-order valence-electron chi connectivity index (χ3n) is 4.35. The molecule has 0 amide bonds. The molecule has 2 rings (SSSR count). The fourth-order valence-electron chi connectivity index (χ4n) is 2.86. The van der Waals surface area contributed by atoms with E-state index < -0.39 is 70.6 Å². The summed E-state index contributed by atoms with van der Waals surface area (Å²) in [4.78, 5) is 0. The van der Waals surface area contributed by atoms with E-state index in [2.05, 4.69) is 0 Å². The van der Waals surface area contributed by atoms with Crippen LogP contribution in [0.1, 0.15) is 22.3 Å². The number of rotatable bonds is 2. The van der Waals surface area contributed by atoms with E-state index in [1.54, 1.807) is 0 Å². The molecule has 0 spiro atoms. The number of halogens is 12. The van der Waals surface area contributed by atoms with Gasteiger partial charge in [0.2, 0.25) is 0 Å². The fourth-order valence-corrected chi connectivity index (χ4v) is 2.86. The van der Waals surface area contributed by atoms with Crippen LogP contribution >= 0.6 is 0 Å². The lowest BCUT2D eigenvalue weighted by Crippen LogP contribution is -2.56. The summed E-state index contributed by atoms with van der Waals surface area (Å²) in [5, 5.41) is 18.9. The minimum atomic E-state index is -6.56. The molecule has 0 fully saturated rings. The van der Waals surface area contributed by atoms with Crippen LogP contribution < -0.4 is 0 Å². The highest BCUT2D eigenvalue weighted by Gasteiger charge is 2.74. The van der Waals surface area contributed by atoms with Crippen molar-refractivity contribution in [1.29, 1.82) is 0 Å². The van der Waals surface area contributed by atoms with E-state index in [1.165, 1.54) is 0 Å². The third kappa shape index (κ3) is 3.25.